The predicted octanol–water partition coefficient (Wildman–Crippen LogP) is 2.54. The molecule has 0 bridgehead atoms. The number of nitro groups is 1. The van der Waals surface area contributed by atoms with E-state index in [1.807, 2.05) is 19.9 Å². The molecule has 26 heavy (non-hydrogen) atoms. The molecule has 1 heterocycles. The van der Waals surface area contributed by atoms with Gasteiger partial charge in [-0.3, -0.25) is 19.8 Å². The van der Waals surface area contributed by atoms with Gasteiger partial charge in [0, 0.05) is 12.1 Å². The Morgan fingerprint density at radius 3 is 2.58 bits per heavy atom. The summed E-state index contributed by atoms with van der Waals surface area (Å²) in [6.45, 7) is 3.14. The van der Waals surface area contributed by atoms with Crippen LogP contribution in [0.25, 0.3) is 0 Å². The summed E-state index contributed by atoms with van der Waals surface area (Å²) in [6, 6.07) is 9.26. The van der Waals surface area contributed by atoms with E-state index in [1.54, 1.807) is 12.1 Å². The molecule has 0 spiro atoms. The Morgan fingerprint density at radius 2 is 1.92 bits per heavy atom. The molecule has 8 heteroatoms. The molecule has 0 aromatic heterocycles. The lowest BCUT2D eigenvalue weighted by Gasteiger charge is -2.28. The molecule has 0 unspecified atom stereocenters. The van der Waals surface area contributed by atoms with Gasteiger partial charge < -0.3 is 9.47 Å². The molecule has 0 aliphatic carbocycles. The van der Waals surface area contributed by atoms with Crippen LogP contribution in [-0.2, 0) is 9.59 Å². The Kier molecular flexibility index (Phi) is 4.57. The summed E-state index contributed by atoms with van der Waals surface area (Å²) >= 11 is 0. The fourth-order valence-corrected chi connectivity index (χ4v) is 2.76. The lowest BCUT2D eigenvalue weighted by molar-refractivity contribution is -0.384. The number of fused-ring (bicyclic) bond motifs is 1. The van der Waals surface area contributed by atoms with Crippen LogP contribution in [0.3, 0.4) is 0 Å². The van der Waals surface area contributed by atoms with Crippen molar-refractivity contribution in [2.45, 2.75) is 13.8 Å². The number of benzene rings is 2. The van der Waals surface area contributed by atoms with Crippen molar-refractivity contribution in [2.24, 2.45) is 0 Å². The van der Waals surface area contributed by atoms with Gasteiger partial charge in [-0.1, -0.05) is 6.07 Å². The van der Waals surface area contributed by atoms with Gasteiger partial charge in [-0.05, 0) is 43.2 Å². The summed E-state index contributed by atoms with van der Waals surface area (Å²) in [5.41, 5.74) is 1.86. The van der Waals surface area contributed by atoms with Gasteiger partial charge in [0.2, 0.25) is 0 Å². The smallest absolute Gasteiger partial charge is 0.331 e. The number of carbonyl (C=O) groups is 2. The van der Waals surface area contributed by atoms with E-state index >= 15 is 0 Å². The standard InChI is InChI=1S/C18H16N2O6/c1-11-5-12(2)7-14(6-11)26-18(22)9-19-15-8-13(20(23)24)3-4-16(15)25-10-17(19)21/h3-8H,9-10H2,1-2H3. The van der Waals surface area contributed by atoms with Gasteiger partial charge in [-0.15, -0.1) is 0 Å². The molecule has 0 atom stereocenters. The van der Waals surface area contributed by atoms with E-state index in [2.05, 4.69) is 0 Å². The minimum absolute atomic E-state index is 0.174. The average molecular weight is 356 g/mol. The molecule has 1 aliphatic heterocycles. The van der Waals surface area contributed by atoms with Gasteiger partial charge in [0.25, 0.3) is 11.6 Å². The van der Waals surface area contributed by atoms with Gasteiger partial charge in [-0.25, -0.2) is 4.79 Å². The number of esters is 1. The van der Waals surface area contributed by atoms with Crippen molar-refractivity contribution in [3.63, 3.8) is 0 Å². The fraction of sp³-hybridized carbons (Fsp3) is 0.222. The van der Waals surface area contributed by atoms with Crippen molar-refractivity contribution in [3.8, 4) is 11.5 Å². The van der Waals surface area contributed by atoms with Crippen LogP contribution in [0.2, 0.25) is 0 Å². The van der Waals surface area contributed by atoms with E-state index in [1.165, 1.54) is 18.2 Å². The van der Waals surface area contributed by atoms with Crippen LogP contribution in [0.15, 0.2) is 36.4 Å². The Hall–Kier alpha value is -3.42. The van der Waals surface area contributed by atoms with Crippen molar-refractivity contribution < 1.29 is 24.0 Å². The largest absolute Gasteiger partial charge is 0.482 e. The summed E-state index contributed by atoms with van der Waals surface area (Å²) in [5, 5.41) is 11.0. The molecule has 2 aromatic rings. The molecule has 1 aliphatic rings. The van der Waals surface area contributed by atoms with E-state index in [4.69, 9.17) is 9.47 Å². The molecular weight excluding hydrogens is 340 g/mol. The third-order valence-electron chi connectivity index (χ3n) is 3.81. The second-order valence-electron chi connectivity index (χ2n) is 5.98. The van der Waals surface area contributed by atoms with Crippen LogP contribution >= 0.6 is 0 Å². The van der Waals surface area contributed by atoms with Gasteiger partial charge in [0.1, 0.15) is 18.0 Å². The van der Waals surface area contributed by atoms with Crippen LogP contribution in [0.4, 0.5) is 11.4 Å². The number of aryl methyl sites for hydroxylation is 2. The first-order chi connectivity index (χ1) is 12.3. The summed E-state index contributed by atoms with van der Waals surface area (Å²) in [7, 11) is 0. The van der Waals surface area contributed by atoms with Crippen molar-refractivity contribution in [2.75, 3.05) is 18.1 Å². The molecule has 2 aromatic carbocycles. The Balaban J connectivity index is 1.83. The van der Waals surface area contributed by atoms with Crippen LogP contribution in [0.5, 0.6) is 11.5 Å². The van der Waals surface area contributed by atoms with Crippen molar-refractivity contribution in [3.05, 3.63) is 57.6 Å². The number of non-ortho nitro benzene ring substituents is 1. The maximum Gasteiger partial charge on any atom is 0.331 e. The first-order valence-corrected chi connectivity index (χ1v) is 7.84. The van der Waals surface area contributed by atoms with Gasteiger partial charge in [-0.2, -0.15) is 0 Å². The number of carbonyl (C=O) groups excluding carboxylic acids is 2. The average Bonchev–Trinajstić information content (AvgIpc) is 2.56. The van der Waals surface area contributed by atoms with Gasteiger partial charge >= 0.3 is 5.97 Å². The monoisotopic (exact) mass is 356 g/mol. The number of ether oxygens (including phenoxy) is 2. The zero-order valence-corrected chi connectivity index (χ0v) is 14.2. The number of anilines is 1. The Labute approximate surface area is 149 Å². The minimum atomic E-state index is -0.650. The minimum Gasteiger partial charge on any atom is -0.482 e. The molecular formula is C18H16N2O6. The zero-order chi connectivity index (χ0) is 18.8. The number of amides is 1. The first-order valence-electron chi connectivity index (χ1n) is 7.84. The van der Waals surface area contributed by atoms with Crippen molar-refractivity contribution in [1.82, 2.24) is 0 Å². The van der Waals surface area contributed by atoms with Crippen LogP contribution < -0.4 is 14.4 Å². The molecule has 0 fully saturated rings. The van der Waals surface area contributed by atoms with Crippen molar-refractivity contribution in [1.29, 1.82) is 0 Å². The maximum absolute atomic E-state index is 12.3. The van der Waals surface area contributed by atoms with E-state index in [9.17, 15) is 19.7 Å². The van der Waals surface area contributed by atoms with Crippen LogP contribution in [0, 0.1) is 24.0 Å². The Bertz CT molecular complexity index is 888. The SMILES string of the molecule is Cc1cc(C)cc(OC(=O)CN2C(=O)COc3ccc([N+](=O)[O-])cc32)c1. The predicted molar refractivity (Wildman–Crippen MR) is 92.5 cm³/mol. The van der Waals surface area contributed by atoms with Gasteiger partial charge in [0.15, 0.2) is 6.61 Å². The number of hydrogen-bond acceptors (Lipinski definition) is 6. The lowest BCUT2D eigenvalue weighted by Crippen LogP contribution is -2.43. The molecule has 0 saturated carbocycles. The van der Waals surface area contributed by atoms with E-state index in [0.29, 0.717) is 11.5 Å². The third kappa shape index (κ3) is 3.64. The van der Waals surface area contributed by atoms with Crippen LogP contribution in [-0.4, -0.2) is 30.0 Å². The molecule has 0 N–H and O–H groups in total. The number of nitro benzene ring substituents is 1. The quantitative estimate of drug-likeness (QED) is 0.361. The summed E-state index contributed by atoms with van der Waals surface area (Å²) in [6.07, 6.45) is 0. The molecule has 1 amide bonds. The highest BCUT2D eigenvalue weighted by Gasteiger charge is 2.29. The molecule has 8 nitrogen and oxygen atoms in total. The maximum atomic E-state index is 12.3. The molecule has 0 radical (unpaired) electrons. The summed E-state index contributed by atoms with van der Waals surface area (Å²) in [5.74, 6) is -0.444. The molecule has 134 valence electrons. The fourth-order valence-electron chi connectivity index (χ4n) is 2.76. The summed E-state index contributed by atoms with van der Waals surface area (Å²) in [4.78, 5) is 36.0. The van der Waals surface area contributed by atoms with E-state index < -0.39 is 16.8 Å². The second kappa shape index (κ2) is 6.83. The lowest BCUT2D eigenvalue weighted by atomic mass is 10.1. The topological polar surface area (TPSA) is 99.0 Å². The highest BCUT2D eigenvalue weighted by molar-refractivity contribution is 6.01. The van der Waals surface area contributed by atoms with E-state index in [0.717, 1.165) is 16.0 Å². The van der Waals surface area contributed by atoms with Gasteiger partial charge in [0.05, 0.1) is 10.6 Å². The summed E-state index contributed by atoms with van der Waals surface area (Å²) < 4.78 is 10.6. The third-order valence-corrected chi connectivity index (χ3v) is 3.81. The molecule has 3 rings (SSSR count). The van der Waals surface area contributed by atoms with E-state index in [-0.39, 0.29) is 24.5 Å². The highest BCUT2D eigenvalue weighted by atomic mass is 16.6. The Morgan fingerprint density at radius 1 is 1.23 bits per heavy atom. The number of rotatable bonds is 4. The molecule has 0 saturated heterocycles. The van der Waals surface area contributed by atoms with Crippen molar-refractivity contribution >= 4 is 23.3 Å². The zero-order valence-electron chi connectivity index (χ0n) is 14.2. The number of nitrogens with zero attached hydrogens (tertiary/aromatic N) is 2. The van der Waals surface area contributed by atoms with Crippen LogP contribution in [0.1, 0.15) is 11.1 Å². The highest BCUT2D eigenvalue weighted by Crippen LogP contribution is 2.35. The number of hydrogen-bond donors (Lipinski definition) is 0. The first kappa shape index (κ1) is 17.4. The second-order valence-corrected chi connectivity index (χ2v) is 5.98. The normalized spacial score (nSPS) is 13.0.